The molecule has 1 aliphatic heterocycles. The van der Waals surface area contributed by atoms with E-state index in [1.54, 1.807) is 7.11 Å². The van der Waals surface area contributed by atoms with Gasteiger partial charge < -0.3 is 14.4 Å². The van der Waals surface area contributed by atoms with E-state index in [4.69, 9.17) is 4.74 Å². The zero-order valence-electron chi connectivity index (χ0n) is 11.5. The molecule has 3 nitrogen and oxygen atoms in total. The lowest BCUT2D eigenvalue weighted by atomic mass is 10.1. The number of hydrogen-bond acceptors (Lipinski definition) is 3. The van der Waals surface area contributed by atoms with Crippen LogP contribution in [0, 0.1) is 0 Å². The molecule has 1 N–H and O–H groups in total. The summed E-state index contributed by atoms with van der Waals surface area (Å²) in [5, 5.41) is 0. The Morgan fingerprint density at radius 2 is 1.89 bits per heavy atom. The summed E-state index contributed by atoms with van der Waals surface area (Å²) in [4.78, 5) is 13.0. The fraction of sp³-hybridized carbons (Fsp3) is 0.571. The normalized spacial score (nSPS) is 19.4. The Bertz CT molecular complexity index is 387. The van der Waals surface area contributed by atoms with Crippen molar-refractivity contribution >= 4 is 8.32 Å². The molecule has 1 fully saturated rings. The Kier molecular flexibility index (Phi) is 4.09. The van der Waals surface area contributed by atoms with Crippen LogP contribution in [0.3, 0.4) is 0 Å². The van der Waals surface area contributed by atoms with E-state index < -0.39 is 8.32 Å². The van der Waals surface area contributed by atoms with Gasteiger partial charge in [0.2, 0.25) is 0 Å². The second kappa shape index (κ2) is 5.43. The number of nitrogens with zero attached hydrogens (tertiary/aromatic N) is 1. The molecule has 1 aliphatic rings. The monoisotopic (exact) mass is 265 g/mol. The standard InChI is InChI=1S/C14H23NO2Si/c1-15(2)11-14(18(16)9-4-10-18)12-5-7-13(17-3)8-6-12/h5-8,14,16H,4,9-11H2,1-3H3. The summed E-state index contributed by atoms with van der Waals surface area (Å²) < 4.78 is 5.19. The molecule has 0 bridgehead atoms. The minimum Gasteiger partial charge on any atom is -0.497 e. The summed E-state index contributed by atoms with van der Waals surface area (Å²) >= 11 is 0. The van der Waals surface area contributed by atoms with Crippen molar-refractivity contribution in [1.82, 2.24) is 4.90 Å². The van der Waals surface area contributed by atoms with Gasteiger partial charge in [0.1, 0.15) is 5.75 Å². The van der Waals surface area contributed by atoms with Crippen molar-refractivity contribution in [2.75, 3.05) is 27.7 Å². The highest BCUT2D eigenvalue weighted by molar-refractivity contribution is 6.76. The number of rotatable bonds is 5. The highest BCUT2D eigenvalue weighted by Gasteiger charge is 2.46. The second-order valence-corrected chi connectivity index (χ2v) is 9.45. The Labute approximate surface area is 111 Å². The van der Waals surface area contributed by atoms with E-state index in [1.165, 1.54) is 12.0 Å². The van der Waals surface area contributed by atoms with Crippen LogP contribution in [0.2, 0.25) is 12.1 Å². The Morgan fingerprint density at radius 3 is 2.28 bits per heavy atom. The number of ether oxygens (including phenoxy) is 1. The number of hydrogen-bond donors (Lipinski definition) is 1. The van der Waals surface area contributed by atoms with Crippen LogP contribution in [-0.4, -0.2) is 45.8 Å². The zero-order chi connectivity index (χ0) is 13.2. The molecule has 1 saturated heterocycles. The van der Waals surface area contributed by atoms with Gasteiger partial charge in [-0.05, 0) is 43.9 Å². The average Bonchev–Trinajstić information content (AvgIpc) is 2.33. The molecule has 1 aromatic carbocycles. The fourth-order valence-corrected chi connectivity index (χ4v) is 5.97. The van der Waals surface area contributed by atoms with Crippen molar-refractivity contribution in [3.05, 3.63) is 29.8 Å². The van der Waals surface area contributed by atoms with Crippen LogP contribution in [0.4, 0.5) is 0 Å². The van der Waals surface area contributed by atoms with Crippen molar-refractivity contribution < 1.29 is 9.53 Å². The van der Waals surface area contributed by atoms with E-state index in [9.17, 15) is 4.80 Å². The van der Waals surface area contributed by atoms with E-state index in [2.05, 4.69) is 31.1 Å². The lowest BCUT2D eigenvalue weighted by Gasteiger charge is -2.42. The van der Waals surface area contributed by atoms with Gasteiger partial charge in [-0.25, -0.2) is 0 Å². The molecule has 100 valence electrons. The molecule has 0 aliphatic carbocycles. The maximum atomic E-state index is 10.8. The lowest BCUT2D eigenvalue weighted by Crippen LogP contribution is -2.51. The molecule has 1 heterocycles. The van der Waals surface area contributed by atoms with Crippen molar-refractivity contribution in [2.24, 2.45) is 0 Å². The fourth-order valence-electron chi connectivity index (χ4n) is 2.67. The third kappa shape index (κ3) is 2.76. The average molecular weight is 265 g/mol. The maximum Gasteiger partial charge on any atom is 0.197 e. The number of benzene rings is 1. The van der Waals surface area contributed by atoms with Crippen molar-refractivity contribution in [1.29, 1.82) is 0 Å². The molecule has 0 spiro atoms. The Hall–Kier alpha value is -0.843. The molecule has 0 aromatic heterocycles. The van der Waals surface area contributed by atoms with Gasteiger partial charge in [-0.3, -0.25) is 0 Å². The maximum absolute atomic E-state index is 10.8. The van der Waals surface area contributed by atoms with Crippen LogP contribution in [-0.2, 0) is 0 Å². The van der Waals surface area contributed by atoms with Crippen molar-refractivity contribution in [2.45, 2.75) is 24.1 Å². The Balaban J connectivity index is 2.21. The molecule has 0 radical (unpaired) electrons. The van der Waals surface area contributed by atoms with Gasteiger partial charge >= 0.3 is 0 Å². The highest BCUT2D eigenvalue weighted by Crippen LogP contribution is 2.41. The van der Waals surface area contributed by atoms with Gasteiger partial charge in [0.05, 0.1) is 7.11 Å². The number of likely N-dealkylation sites (N-methyl/N-ethyl adjacent to an activating group) is 1. The molecule has 2 rings (SSSR count). The van der Waals surface area contributed by atoms with Crippen LogP contribution in [0.15, 0.2) is 24.3 Å². The summed E-state index contributed by atoms with van der Waals surface area (Å²) in [5.74, 6) is 0.879. The minimum absolute atomic E-state index is 0.326. The SMILES string of the molecule is COc1ccc(C(CN(C)C)[Si]2(O)CCC2)cc1. The zero-order valence-corrected chi connectivity index (χ0v) is 12.5. The van der Waals surface area contributed by atoms with Crippen molar-refractivity contribution in [3.63, 3.8) is 0 Å². The van der Waals surface area contributed by atoms with Gasteiger partial charge in [0, 0.05) is 12.1 Å². The molecule has 0 saturated carbocycles. The second-order valence-electron chi connectivity index (χ2n) is 5.55. The third-order valence-corrected chi connectivity index (χ3v) is 8.19. The minimum atomic E-state index is -2.04. The first-order valence-corrected chi connectivity index (χ1v) is 9.00. The van der Waals surface area contributed by atoms with Gasteiger partial charge in [-0.1, -0.05) is 18.6 Å². The molecule has 1 aromatic rings. The third-order valence-electron chi connectivity index (χ3n) is 3.93. The van der Waals surface area contributed by atoms with Crippen LogP contribution in [0.5, 0.6) is 5.75 Å². The van der Waals surface area contributed by atoms with E-state index in [0.717, 1.165) is 24.4 Å². The largest absolute Gasteiger partial charge is 0.497 e. The van der Waals surface area contributed by atoms with Crippen LogP contribution in [0.25, 0.3) is 0 Å². The van der Waals surface area contributed by atoms with Crippen molar-refractivity contribution in [3.8, 4) is 5.75 Å². The lowest BCUT2D eigenvalue weighted by molar-refractivity contribution is 0.371. The molecular weight excluding hydrogens is 242 g/mol. The molecule has 18 heavy (non-hydrogen) atoms. The van der Waals surface area contributed by atoms with E-state index >= 15 is 0 Å². The van der Waals surface area contributed by atoms with Gasteiger partial charge in [-0.15, -0.1) is 0 Å². The van der Waals surface area contributed by atoms with Gasteiger partial charge in [0.25, 0.3) is 0 Å². The van der Waals surface area contributed by atoms with E-state index in [-0.39, 0.29) is 0 Å². The molecule has 1 unspecified atom stereocenters. The first-order chi connectivity index (χ1) is 8.55. The highest BCUT2D eigenvalue weighted by atomic mass is 28.4. The van der Waals surface area contributed by atoms with E-state index in [0.29, 0.717) is 5.54 Å². The van der Waals surface area contributed by atoms with Crippen LogP contribution in [0.1, 0.15) is 17.5 Å². The predicted octanol–water partition coefficient (Wildman–Crippen LogP) is 2.22. The summed E-state index contributed by atoms with van der Waals surface area (Å²) in [6.07, 6.45) is 1.20. The van der Waals surface area contributed by atoms with Crippen LogP contribution >= 0.6 is 0 Å². The first-order valence-electron chi connectivity index (χ1n) is 6.56. The summed E-state index contributed by atoms with van der Waals surface area (Å²) in [7, 11) is 3.79. The number of methoxy groups -OCH3 is 1. The molecule has 1 atom stereocenters. The summed E-state index contributed by atoms with van der Waals surface area (Å²) in [6, 6.07) is 10.3. The topological polar surface area (TPSA) is 32.7 Å². The smallest absolute Gasteiger partial charge is 0.197 e. The molecule has 0 amide bonds. The van der Waals surface area contributed by atoms with Crippen LogP contribution < -0.4 is 4.74 Å². The Morgan fingerprint density at radius 1 is 1.28 bits per heavy atom. The van der Waals surface area contributed by atoms with Gasteiger partial charge in [-0.2, -0.15) is 0 Å². The molecule has 4 heteroatoms. The van der Waals surface area contributed by atoms with E-state index in [1.807, 2.05) is 12.1 Å². The predicted molar refractivity (Wildman–Crippen MR) is 76.5 cm³/mol. The molecular formula is C14H23NO2Si. The quantitative estimate of drug-likeness (QED) is 0.829. The summed E-state index contributed by atoms with van der Waals surface area (Å²) in [5.41, 5.74) is 1.59. The van der Waals surface area contributed by atoms with Gasteiger partial charge in [0.15, 0.2) is 8.32 Å². The first kappa shape index (κ1) is 13.6. The summed E-state index contributed by atoms with van der Waals surface area (Å²) in [6.45, 7) is 0.940.